The third kappa shape index (κ3) is 5.03. The monoisotopic (exact) mass is 221 g/mol. The van der Waals surface area contributed by atoms with Gasteiger partial charge in [-0.05, 0) is 50.6 Å². The average Bonchev–Trinajstić information content (AvgIpc) is 2.32. The molecule has 1 N–H and O–H groups in total. The molecule has 0 radical (unpaired) electrons. The number of hydrogen-bond donors (Lipinski definition) is 1. The van der Waals surface area contributed by atoms with Crippen LogP contribution < -0.4 is 5.32 Å². The molecule has 0 aromatic carbocycles. The molecule has 1 nitrogen and oxygen atoms in total. The molecule has 1 rings (SSSR count). The number of rotatable bonds is 7. The Labute approximate surface area is 101 Å². The van der Waals surface area contributed by atoms with Crippen molar-refractivity contribution < 1.29 is 0 Å². The van der Waals surface area contributed by atoms with E-state index >= 15 is 0 Å². The van der Waals surface area contributed by atoms with E-state index in [-0.39, 0.29) is 0 Å². The summed E-state index contributed by atoms with van der Waals surface area (Å²) in [5.41, 5.74) is 0. The maximum atomic E-state index is 5.31. The highest BCUT2D eigenvalue weighted by Gasteiger charge is 2.23. The lowest BCUT2D eigenvalue weighted by molar-refractivity contribution is 0.215. The summed E-state index contributed by atoms with van der Waals surface area (Å²) in [6.07, 6.45) is 15.8. The Hall–Kier alpha value is -0.480. The van der Waals surface area contributed by atoms with Gasteiger partial charge in [0.05, 0.1) is 0 Å². The zero-order valence-electron chi connectivity index (χ0n) is 10.8. The highest BCUT2D eigenvalue weighted by atomic mass is 14.9. The van der Waals surface area contributed by atoms with Crippen molar-refractivity contribution in [3.63, 3.8) is 0 Å². The molecular weight excluding hydrogens is 194 g/mol. The fraction of sp³-hybridized carbons (Fsp3) is 0.867. The molecule has 1 heteroatoms. The van der Waals surface area contributed by atoms with E-state index in [0.29, 0.717) is 0 Å². The summed E-state index contributed by atoms with van der Waals surface area (Å²) in [5.74, 6) is 4.61. The molecule has 0 saturated heterocycles. The SMILES string of the molecule is C#CCCCC1CCCCC1CNCCC. The van der Waals surface area contributed by atoms with Crippen molar-refractivity contribution in [2.24, 2.45) is 11.8 Å². The second kappa shape index (κ2) is 8.65. The fourth-order valence-corrected chi connectivity index (χ4v) is 2.86. The van der Waals surface area contributed by atoms with Crippen molar-refractivity contribution in [1.82, 2.24) is 5.32 Å². The Morgan fingerprint density at radius 2 is 2.00 bits per heavy atom. The van der Waals surface area contributed by atoms with E-state index in [9.17, 15) is 0 Å². The van der Waals surface area contributed by atoms with Crippen molar-refractivity contribution in [2.75, 3.05) is 13.1 Å². The van der Waals surface area contributed by atoms with Gasteiger partial charge in [0.25, 0.3) is 0 Å². The van der Waals surface area contributed by atoms with Crippen LogP contribution in [0.4, 0.5) is 0 Å². The predicted octanol–water partition coefficient (Wildman–Crippen LogP) is 3.60. The van der Waals surface area contributed by atoms with Gasteiger partial charge in [0, 0.05) is 6.42 Å². The second-order valence-corrected chi connectivity index (χ2v) is 5.11. The normalized spacial score (nSPS) is 25.2. The van der Waals surface area contributed by atoms with Crippen LogP contribution in [0.25, 0.3) is 0 Å². The Kier molecular flexibility index (Phi) is 7.34. The van der Waals surface area contributed by atoms with Gasteiger partial charge >= 0.3 is 0 Å². The minimum Gasteiger partial charge on any atom is -0.316 e. The fourth-order valence-electron chi connectivity index (χ4n) is 2.86. The van der Waals surface area contributed by atoms with Crippen LogP contribution >= 0.6 is 0 Å². The third-order valence-electron chi connectivity index (χ3n) is 3.80. The van der Waals surface area contributed by atoms with Crippen molar-refractivity contribution in [2.45, 2.75) is 58.3 Å². The van der Waals surface area contributed by atoms with E-state index in [1.54, 1.807) is 0 Å². The molecule has 0 spiro atoms. The van der Waals surface area contributed by atoms with E-state index in [1.165, 1.54) is 58.0 Å². The Morgan fingerprint density at radius 1 is 1.25 bits per heavy atom. The minimum atomic E-state index is 0.915. The molecule has 0 aromatic heterocycles. The number of terminal acetylenes is 1. The number of unbranched alkanes of at least 4 members (excludes halogenated alkanes) is 1. The quantitative estimate of drug-likeness (QED) is 0.511. The van der Waals surface area contributed by atoms with E-state index in [2.05, 4.69) is 18.2 Å². The van der Waals surface area contributed by atoms with Crippen LogP contribution in [0.2, 0.25) is 0 Å². The maximum Gasteiger partial charge on any atom is 0.00861 e. The van der Waals surface area contributed by atoms with Gasteiger partial charge in [-0.15, -0.1) is 12.3 Å². The summed E-state index contributed by atoms with van der Waals surface area (Å²) in [4.78, 5) is 0. The summed E-state index contributed by atoms with van der Waals surface area (Å²) in [6, 6.07) is 0. The Balaban J connectivity index is 2.23. The summed E-state index contributed by atoms with van der Waals surface area (Å²) in [6.45, 7) is 4.64. The molecule has 1 saturated carbocycles. The van der Waals surface area contributed by atoms with Gasteiger partial charge in [0.2, 0.25) is 0 Å². The van der Waals surface area contributed by atoms with Gasteiger partial charge in [-0.2, -0.15) is 0 Å². The van der Waals surface area contributed by atoms with Crippen LogP contribution in [0.3, 0.4) is 0 Å². The molecule has 2 unspecified atom stereocenters. The molecule has 1 fully saturated rings. The number of hydrogen-bond acceptors (Lipinski definition) is 1. The lowest BCUT2D eigenvalue weighted by Gasteiger charge is -2.31. The van der Waals surface area contributed by atoms with E-state index < -0.39 is 0 Å². The smallest absolute Gasteiger partial charge is 0.00861 e. The Bertz CT molecular complexity index is 204. The van der Waals surface area contributed by atoms with Crippen LogP contribution in [0.15, 0.2) is 0 Å². The van der Waals surface area contributed by atoms with Gasteiger partial charge in [0.15, 0.2) is 0 Å². The van der Waals surface area contributed by atoms with Gasteiger partial charge in [-0.3, -0.25) is 0 Å². The van der Waals surface area contributed by atoms with E-state index in [0.717, 1.165) is 18.3 Å². The van der Waals surface area contributed by atoms with E-state index in [1.807, 2.05) is 0 Å². The summed E-state index contributed by atoms with van der Waals surface area (Å²) < 4.78 is 0. The zero-order valence-corrected chi connectivity index (χ0v) is 10.8. The molecule has 0 amide bonds. The molecule has 92 valence electrons. The first kappa shape index (κ1) is 13.6. The largest absolute Gasteiger partial charge is 0.316 e. The summed E-state index contributed by atoms with van der Waals surface area (Å²) in [7, 11) is 0. The molecule has 0 aromatic rings. The highest BCUT2D eigenvalue weighted by Crippen LogP contribution is 2.33. The second-order valence-electron chi connectivity index (χ2n) is 5.11. The Morgan fingerprint density at radius 3 is 2.69 bits per heavy atom. The van der Waals surface area contributed by atoms with Crippen molar-refractivity contribution in [3.05, 3.63) is 0 Å². The van der Waals surface area contributed by atoms with Crippen LogP contribution in [-0.4, -0.2) is 13.1 Å². The number of nitrogens with one attached hydrogen (secondary N) is 1. The molecule has 2 atom stereocenters. The van der Waals surface area contributed by atoms with Crippen molar-refractivity contribution >= 4 is 0 Å². The third-order valence-corrected chi connectivity index (χ3v) is 3.80. The zero-order chi connectivity index (χ0) is 11.6. The van der Waals surface area contributed by atoms with E-state index in [4.69, 9.17) is 6.42 Å². The first-order chi connectivity index (χ1) is 7.88. The standard InChI is InChI=1S/C15H27N/c1-3-5-6-9-14-10-7-8-11-15(14)13-16-12-4-2/h1,14-16H,4-13H2,2H3. The molecule has 0 bridgehead atoms. The topological polar surface area (TPSA) is 12.0 Å². The van der Waals surface area contributed by atoms with Gasteiger partial charge in [-0.25, -0.2) is 0 Å². The molecule has 16 heavy (non-hydrogen) atoms. The van der Waals surface area contributed by atoms with Crippen molar-refractivity contribution in [3.8, 4) is 12.3 Å². The average molecular weight is 221 g/mol. The molecular formula is C15H27N. The minimum absolute atomic E-state index is 0.915. The summed E-state index contributed by atoms with van der Waals surface area (Å²) >= 11 is 0. The summed E-state index contributed by atoms with van der Waals surface area (Å²) in [5, 5.41) is 3.58. The molecule has 0 heterocycles. The van der Waals surface area contributed by atoms with Gasteiger partial charge in [0.1, 0.15) is 0 Å². The van der Waals surface area contributed by atoms with Crippen LogP contribution in [0.5, 0.6) is 0 Å². The van der Waals surface area contributed by atoms with Crippen LogP contribution in [0, 0.1) is 24.2 Å². The van der Waals surface area contributed by atoms with Crippen LogP contribution in [-0.2, 0) is 0 Å². The lowest BCUT2D eigenvalue weighted by Crippen LogP contribution is -2.31. The molecule has 0 aliphatic heterocycles. The first-order valence-corrected chi connectivity index (χ1v) is 7.02. The lowest BCUT2D eigenvalue weighted by atomic mass is 9.76. The van der Waals surface area contributed by atoms with Crippen molar-refractivity contribution in [1.29, 1.82) is 0 Å². The maximum absolute atomic E-state index is 5.31. The van der Waals surface area contributed by atoms with Crippen LogP contribution in [0.1, 0.15) is 58.3 Å². The van der Waals surface area contributed by atoms with Gasteiger partial charge < -0.3 is 5.32 Å². The van der Waals surface area contributed by atoms with Gasteiger partial charge in [-0.1, -0.05) is 26.2 Å². The molecule has 1 aliphatic carbocycles. The first-order valence-electron chi connectivity index (χ1n) is 7.02. The highest BCUT2D eigenvalue weighted by molar-refractivity contribution is 4.84. The molecule has 1 aliphatic rings. The predicted molar refractivity (Wildman–Crippen MR) is 71.3 cm³/mol.